The Morgan fingerprint density at radius 1 is 1.28 bits per heavy atom. The molecule has 0 bridgehead atoms. The minimum Gasteiger partial charge on any atom is -0.478 e. The van der Waals surface area contributed by atoms with E-state index < -0.39 is 5.97 Å². The first kappa shape index (κ1) is 12.4. The van der Waals surface area contributed by atoms with E-state index in [-0.39, 0.29) is 17.2 Å². The number of anilines is 1. The molecule has 0 aliphatic heterocycles. The van der Waals surface area contributed by atoms with Gasteiger partial charge in [-0.15, -0.1) is 0 Å². The third-order valence-corrected chi connectivity index (χ3v) is 2.80. The van der Waals surface area contributed by atoms with Crippen LogP contribution in [0.25, 0.3) is 0 Å². The Morgan fingerprint density at radius 2 is 2.06 bits per heavy atom. The molecule has 3 N–H and O–H groups in total. The first-order chi connectivity index (χ1) is 8.58. The molecular weight excluding hydrogens is 300 g/mol. The highest BCUT2D eigenvalue weighted by atomic mass is 79.9. The number of aromatic carboxylic acids is 1. The Labute approximate surface area is 111 Å². The van der Waals surface area contributed by atoms with Crippen molar-refractivity contribution >= 4 is 33.5 Å². The van der Waals surface area contributed by atoms with Crippen LogP contribution in [0.15, 0.2) is 41.0 Å². The van der Waals surface area contributed by atoms with Crippen molar-refractivity contribution < 1.29 is 14.7 Å². The number of nitrogens with one attached hydrogen (secondary N) is 2. The molecule has 2 aromatic rings. The molecule has 0 saturated heterocycles. The number of hydrogen-bond donors (Lipinski definition) is 3. The third kappa shape index (κ3) is 2.60. The summed E-state index contributed by atoms with van der Waals surface area (Å²) in [4.78, 5) is 25.6. The lowest BCUT2D eigenvalue weighted by Gasteiger charge is -2.08. The molecule has 0 unspecified atom stereocenters. The van der Waals surface area contributed by atoms with E-state index in [4.69, 9.17) is 5.11 Å². The molecule has 5 nitrogen and oxygen atoms in total. The monoisotopic (exact) mass is 308 g/mol. The van der Waals surface area contributed by atoms with Gasteiger partial charge in [-0.2, -0.15) is 0 Å². The maximum Gasteiger partial charge on any atom is 0.337 e. The van der Waals surface area contributed by atoms with E-state index in [9.17, 15) is 9.59 Å². The predicted octanol–water partition coefficient (Wildman–Crippen LogP) is 2.73. The summed E-state index contributed by atoms with van der Waals surface area (Å²) in [6.07, 6.45) is 1.62. The van der Waals surface area contributed by atoms with Crippen molar-refractivity contribution in [3.05, 3.63) is 52.3 Å². The van der Waals surface area contributed by atoms with E-state index in [0.29, 0.717) is 10.2 Å². The van der Waals surface area contributed by atoms with Gasteiger partial charge in [-0.05, 0) is 30.3 Å². The van der Waals surface area contributed by atoms with Gasteiger partial charge in [0.25, 0.3) is 5.91 Å². The topological polar surface area (TPSA) is 82.2 Å². The molecule has 1 aromatic carbocycles. The number of amides is 1. The summed E-state index contributed by atoms with van der Waals surface area (Å²) in [6, 6.07) is 7.93. The Morgan fingerprint density at radius 3 is 2.67 bits per heavy atom. The van der Waals surface area contributed by atoms with Crippen molar-refractivity contribution in [3.63, 3.8) is 0 Å². The normalized spacial score (nSPS) is 10.1. The molecule has 0 atom stereocenters. The lowest BCUT2D eigenvalue weighted by atomic mass is 10.2. The van der Waals surface area contributed by atoms with Gasteiger partial charge in [-0.1, -0.05) is 15.9 Å². The number of carboxylic acids is 1. The second kappa shape index (κ2) is 5.05. The van der Waals surface area contributed by atoms with E-state index in [1.165, 1.54) is 12.1 Å². The summed E-state index contributed by atoms with van der Waals surface area (Å²) in [5.74, 6) is -1.48. The fraction of sp³-hybridized carbons (Fsp3) is 0. The summed E-state index contributed by atoms with van der Waals surface area (Å²) < 4.78 is 0.637. The number of aromatic nitrogens is 1. The summed E-state index contributed by atoms with van der Waals surface area (Å²) >= 11 is 3.19. The van der Waals surface area contributed by atoms with Gasteiger partial charge in [0.05, 0.1) is 11.3 Å². The molecule has 1 amide bonds. The number of carbonyl (C=O) groups is 2. The highest BCUT2D eigenvalue weighted by molar-refractivity contribution is 9.10. The summed E-state index contributed by atoms with van der Waals surface area (Å²) in [5.41, 5.74) is 0.656. The molecule has 0 aliphatic rings. The number of aromatic amines is 1. The Bertz CT molecular complexity index is 593. The van der Waals surface area contributed by atoms with Gasteiger partial charge >= 0.3 is 5.97 Å². The largest absolute Gasteiger partial charge is 0.478 e. The highest BCUT2D eigenvalue weighted by Gasteiger charge is 2.14. The van der Waals surface area contributed by atoms with Gasteiger partial charge in [0.2, 0.25) is 0 Å². The molecule has 18 heavy (non-hydrogen) atoms. The predicted molar refractivity (Wildman–Crippen MR) is 69.8 cm³/mol. The van der Waals surface area contributed by atoms with Crippen molar-refractivity contribution in [3.8, 4) is 0 Å². The zero-order valence-electron chi connectivity index (χ0n) is 9.11. The smallest absolute Gasteiger partial charge is 0.337 e. The SMILES string of the molecule is O=C(Nc1ccc(Br)cc1C(=O)O)c1ccc[nH]1. The van der Waals surface area contributed by atoms with E-state index in [0.717, 1.165) is 0 Å². The Hall–Kier alpha value is -2.08. The van der Waals surface area contributed by atoms with Crippen LogP contribution in [0.3, 0.4) is 0 Å². The van der Waals surface area contributed by atoms with Gasteiger partial charge in [0.15, 0.2) is 0 Å². The van der Waals surface area contributed by atoms with Crippen molar-refractivity contribution in [2.45, 2.75) is 0 Å². The highest BCUT2D eigenvalue weighted by Crippen LogP contribution is 2.21. The van der Waals surface area contributed by atoms with Crippen molar-refractivity contribution in [1.82, 2.24) is 4.98 Å². The molecule has 6 heteroatoms. The molecule has 1 aromatic heterocycles. The Kier molecular flexibility index (Phi) is 3.47. The maximum atomic E-state index is 11.8. The van der Waals surface area contributed by atoms with E-state index >= 15 is 0 Å². The number of carbonyl (C=O) groups excluding carboxylic acids is 1. The minimum absolute atomic E-state index is 0.0317. The van der Waals surface area contributed by atoms with Crippen LogP contribution in [0.2, 0.25) is 0 Å². The summed E-state index contributed by atoms with van der Waals surface area (Å²) in [5, 5.41) is 11.6. The average Bonchev–Trinajstić information content (AvgIpc) is 2.84. The maximum absolute atomic E-state index is 11.8. The molecule has 92 valence electrons. The molecule has 1 heterocycles. The molecular formula is C12H9BrN2O3. The van der Waals surface area contributed by atoms with Crippen LogP contribution in [0.5, 0.6) is 0 Å². The van der Waals surface area contributed by atoms with Gasteiger partial charge in [0, 0.05) is 10.7 Å². The number of H-pyrrole nitrogens is 1. The van der Waals surface area contributed by atoms with Crippen LogP contribution in [0.1, 0.15) is 20.8 Å². The van der Waals surface area contributed by atoms with Gasteiger partial charge < -0.3 is 15.4 Å². The second-order valence-electron chi connectivity index (χ2n) is 3.53. The van der Waals surface area contributed by atoms with Crippen LogP contribution in [-0.4, -0.2) is 22.0 Å². The van der Waals surface area contributed by atoms with Crippen molar-refractivity contribution in [2.75, 3.05) is 5.32 Å². The molecule has 2 rings (SSSR count). The molecule has 0 radical (unpaired) electrons. The number of rotatable bonds is 3. The van der Waals surface area contributed by atoms with Gasteiger partial charge in [-0.3, -0.25) is 4.79 Å². The molecule has 0 fully saturated rings. The van der Waals surface area contributed by atoms with Crippen LogP contribution in [0.4, 0.5) is 5.69 Å². The first-order valence-corrected chi connectivity index (χ1v) is 5.85. The minimum atomic E-state index is -1.10. The lowest BCUT2D eigenvalue weighted by molar-refractivity contribution is 0.0698. The van der Waals surface area contributed by atoms with E-state index in [1.54, 1.807) is 24.4 Å². The van der Waals surface area contributed by atoms with Crippen LogP contribution >= 0.6 is 15.9 Å². The number of hydrogen-bond acceptors (Lipinski definition) is 2. The number of benzene rings is 1. The zero-order valence-corrected chi connectivity index (χ0v) is 10.7. The quantitative estimate of drug-likeness (QED) is 0.815. The molecule has 0 spiro atoms. The summed E-state index contributed by atoms with van der Waals surface area (Å²) in [7, 11) is 0. The Balaban J connectivity index is 2.29. The van der Waals surface area contributed by atoms with Crippen molar-refractivity contribution in [1.29, 1.82) is 0 Å². The van der Waals surface area contributed by atoms with Gasteiger partial charge in [0.1, 0.15) is 5.69 Å². The first-order valence-electron chi connectivity index (χ1n) is 5.05. The van der Waals surface area contributed by atoms with Crippen LogP contribution < -0.4 is 5.32 Å². The standard InChI is InChI=1S/C12H9BrN2O3/c13-7-3-4-9(8(6-7)12(17)18)15-11(16)10-2-1-5-14-10/h1-6,14H,(H,15,16)(H,17,18). The lowest BCUT2D eigenvalue weighted by Crippen LogP contribution is -2.15. The molecule has 0 saturated carbocycles. The van der Waals surface area contributed by atoms with Gasteiger partial charge in [-0.25, -0.2) is 4.79 Å². The number of halogens is 1. The third-order valence-electron chi connectivity index (χ3n) is 2.30. The van der Waals surface area contributed by atoms with E-state index in [1.807, 2.05) is 0 Å². The van der Waals surface area contributed by atoms with E-state index in [2.05, 4.69) is 26.2 Å². The zero-order chi connectivity index (χ0) is 13.1. The second-order valence-corrected chi connectivity index (χ2v) is 4.45. The van der Waals surface area contributed by atoms with Crippen molar-refractivity contribution in [2.24, 2.45) is 0 Å². The fourth-order valence-electron chi connectivity index (χ4n) is 1.46. The number of carboxylic acid groups (broad SMARTS) is 1. The molecule has 0 aliphatic carbocycles. The van der Waals surface area contributed by atoms with Crippen LogP contribution in [-0.2, 0) is 0 Å². The summed E-state index contributed by atoms with van der Waals surface area (Å²) in [6.45, 7) is 0. The fourth-order valence-corrected chi connectivity index (χ4v) is 1.82. The average molecular weight is 309 g/mol. The van der Waals surface area contributed by atoms with Crippen LogP contribution in [0, 0.1) is 0 Å².